The van der Waals surface area contributed by atoms with E-state index in [-0.39, 0.29) is 6.10 Å². The van der Waals surface area contributed by atoms with Crippen LogP contribution in [0.5, 0.6) is 5.75 Å². The Bertz CT molecular complexity index is 351. The van der Waals surface area contributed by atoms with Crippen LogP contribution in [-0.4, -0.2) is 25.7 Å². The zero-order valence-electron chi connectivity index (χ0n) is 8.73. The first kappa shape index (κ1) is 9.83. The monoisotopic (exact) mass is 205 g/mol. The molecule has 1 aromatic carbocycles. The molecule has 0 spiro atoms. The second kappa shape index (κ2) is 4.21. The third-order valence-electron chi connectivity index (χ3n) is 2.47. The topological polar surface area (TPSA) is 59.6 Å². The van der Waals surface area contributed by atoms with Gasteiger partial charge in [-0.05, 0) is 11.6 Å². The van der Waals surface area contributed by atoms with E-state index in [2.05, 4.69) is 16.4 Å². The molecule has 4 nitrogen and oxygen atoms in total. The number of fused-ring (bicyclic) bond motifs is 1. The Labute approximate surface area is 89.1 Å². The van der Waals surface area contributed by atoms with E-state index in [4.69, 9.17) is 10.5 Å². The maximum atomic E-state index is 5.73. The number of benzene rings is 1. The van der Waals surface area contributed by atoms with Crippen LogP contribution in [0, 0.1) is 0 Å². The summed E-state index contributed by atoms with van der Waals surface area (Å²) >= 11 is 0. The van der Waals surface area contributed by atoms with Gasteiger partial charge in [-0.15, -0.1) is 0 Å². The van der Waals surface area contributed by atoms with Crippen LogP contribution in [0.4, 0.5) is 0 Å². The van der Waals surface area contributed by atoms with Gasteiger partial charge in [-0.25, -0.2) is 0 Å². The lowest BCUT2D eigenvalue weighted by molar-refractivity contribution is 0.235. The van der Waals surface area contributed by atoms with Gasteiger partial charge in [0.25, 0.3) is 0 Å². The molecule has 0 aromatic heterocycles. The highest BCUT2D eigenvalue weighted by Gasteiger charge is 2.21. The number of hydrogen-bond acceptors (Lipinski definition) is 2. The Morgan fingerprint density at radius 3 is 3.13 bits per heavy atom. The fraction of sp³-hybridized carbons (Fsp3) is 0.364. The summed E-state index contributed by atoms with van der Waals surface area (Å²) in [6.45, 7) is 0.692. The van der Waals surface area contributed by atoms with Crippen molar-refractivity contribution in [3.8, 4) is 5.75 Å². The van der Waals surface area contributed by atoms with Gasteiger partial charge in [0.15, 0.2) is 5.96 Å². The average molecular weight is 205 g/mol. The number of nitrogens with one attached hydrogen (secondary N) is 1. The van der Waals surface area contributed by atoms with Gasteiger partial charge in [-0.2, -0.15) is 0 Å². The molecule has 3 N–H and O–H groups in total. The van der Waals surface area contributed by atoms with E-state index in [9.17, 15) is 0 Å². The number of para-hydroxylation sites is 1. The summed E-state index contributed by atoms with van der Waals surface area (Å²) in [6.07, 6.45) is 1.09. The molecular weight excluding hydrogens is 190 g/mol. The lowest BCUT2D eigenvalue weighted by Crippen LogP contribution is -2.38. The van der Waals surface area contributed by atoms with Crippen molar-refractivity contribution in [2.75, 3.05) is 13.6 Å². The highest BCUT2D eigenvalue weighted by Crippen LogP contribution is 2.27. The van der Waals surface area contributed by atoms with Gasteiger partial charge >= 0.3 is 0 Å². The van der Waals surface area contributed by atoms with Gasteiger partial charge in [-0.3, -0.25) is 4.99 Å². The third-order valence-corrected chi connectivity index (χ3v) is 2.47. The number of aliphatic imine (C=N–C) groups is 1. The van der Waals surface area contributed by atoms with E-state index < -0.39 is 0 Å². The van der Waals surface area contributed by atoms with Crippen LogP contribution in [0.15, 0.2) is 29.3 Å². The Balaban J connectivity index is 1.91. The van der Waals surface area contributed by atoms with Crippen LogP contribution in [0.2, 0.25) is 0 Å². The van der Waals surface area contributed by atoms with E-state index in [1.54, 1.807) is 7.05 Å². The van der Waals surface area contributed by atoms with Crippen molar-refractivity contribution in [2.24, 2.45) is 10.7 Å². The Morgan fingerprint density at radius 1 is 1.60 bits per heavy atom. The predicted octanol–water partition coefficient (Wildman–Crippen LogP) is 0.524. The van der Waals surface area contributed by atoms with Crippen molar-refractivity contribution in [3.05, 3.63) is 29.8 Å². The van der Waals surface area contributed by atoms with Crippen LogP contribution in [0.3, 0.4) is 0 Å². The van der Waals surface area contributed by atoms with E-state index in [1.807, 2.05) is 18.2 Å². The molecular formula is C11H15N3O. The summed E-state index contributed by atoms with van der Waals surface area (Å²) in [5.41, 5.74) is 6.80. The zero-order valence-corrected chi connectivity index (χ0v) is 8.73. The highest BCUT2D eigenvalue weighted by molar-refractivity contribution is 5.77. The molecule has 0 fully saturated rings. The first-order chi connectivity index (χ1) is 7.29. The normalized spacial score (nSPS) is 19.5. The van der Waals surface area contributed by atoms with Gasteiger partial charge < -0.3 is 15.8 Å². The molecule has 1 atom stereocenters. The van der Waals surface area contributed by atoms with E-state index in [0.29, 0.717) is 12.5 Å². The van der Waals surface area contributed by atoms with Gasteiger partial charge in [0, 0.05) is 13.5 Å². The molecule has 0 amide bonds. The Kier molecular flexibility index (Phi) is 2.76. The van der Waals surface area contributed by atoms with Crippen LogP contribution >= 0.6 is 0 Å². The van der Waals surface area contributed by atoms with Crippen molar-refractivity contribution in [1.82, 2.24) is 5.32 Å². The van der Waals surface area contributed by atoms with Crippen molar-refractivity contribution >= 4 is 5.96 Å². The molecule has 0 radical (unpaired) electrons. The smallest absolute Gasteiger partial charge is 0.188 e. The molecule has 15 heavy (non-hydrogen) atoms. The van der Waals surface area contributed by atoms with Crippen molar-refractivity contribution < 1.29 is 4.74 Å². The minimum absolute atomic E-state index is 0.155. The van der Waals surface area contributed by atoms with Crippen molar-refractivity contribution in [2.45, 2.75) is 12.5 Å². The molecule has 2 rings (SSSR count). The first-order valence-corrected chi connectivity index (χ1v) is 5.00. The van der Waals surface area contributed by atoms with Crippen molar-refractivity contribution in [1.29, 1.82) is 0 Å². The maximum absolute atomic E-state index is 5.73. The minimum Gasteiger partial charge on any atom is -0.488 e. The molecule has 0 saturated heterocycles. The molecule has 1 aliphatic heterocycles. The molecule has 0 saturated carbocycles. The second-order valence-corrected chi connectivity index (χ2v) is 3.54. The van der Waals surface area contributed by atoms with Gasteiger partial charge in [0.1, 0.15) is 11.9 Å². The fourth-order valence-corrected chi connectivity index (χ4v) is 1.67. The molecule has 0 aliphatic carbocycles. The van der Waals surface area contributed by atoms with E-state index in [0.717, 1.165) is 12.2 Å². The van der Waals surface area contributed by atoms with E-state index >= 15 is 0 Å². The average Bonchev–Trinajstić information content (AvgIpc) is 2.68. The van der Waals surface area contributed by atoms with Gasteiger partial charge in [-0.1, -0.05) is 18.2 Å². The Morgan fingerprint density at radius 2 is 2.40 bits per heavy atom. The number of rotatable bonds is 2. The fourth-order valence-electron chi connectivity index (χ4n) is 1.67. The maximum Gasteiger partial charge on any atom is 0.188 e. The summed E-state index contributed by atoms with van der Waals surface area (Å²) in [4.78, 5) is 3.83. The van der Waals surface area contributed by atoms with Crippen LogP contribution < -0.4 is 15.8 Å². The SMILES string of the molecule is CN=C(N)NCC1Cc2ccccc2O1. The number of nitrogens with two attached hydrogens (primary N) is 1. The minimum atomic E-state index is 0.155. The summed E-state index contributed by atoms with van der Waals surface area (Å²) in [5.74, 6) is 1.44. The predicted molar refractivity (Wildman–Crippen MR) is 60.1 cm³/mol. The standard InChI is InChI=1S/C11H15N3O/c1-13-11(12)14-7-9-6-8-4-2-3-5-10(8)15-9/h2-5,9H,6-7H2,1H3,(H3,12,13,14). The lowest BCUT2D eigenvalue weighted by atomic mass is 10.1. The van der Waals surface area contributed by atoms with Crippen LogP contribution in [-0.2, 0) is 6.42 Å². The molecule has 1 heterocycles. The number of guanidine groups is 1. The Hall–Kier alpha value is -1.71. The first-order valence-electron chi connectivity index (χ1n) is 5.00. The van der Waals surface area contributed by atoms with Gasteiger partial charge in [0.2, 0.25) is 0 Å². The van der Waals surface area contributed by atoms with Gasteiger partial charge in [0.05, 0.1) is 6.54 Å². The molecule has 80 valence electrons. The zero-order chi connectivity index (χ0) is 10.7. The van der Waals surface area contributed by atoms with Crippen LogP contribution in [0.1, 0.15) is 5.56 Å². The number of hydrogen-bond donors (Lipinski definition) is 2. The molecule has 1 unspecified atom stereocenters. The van der Waals surface area contributed by atoms with E-state index in [1.165, 1.54) is 5.56 Å². The highest BCUT2D eigenvalue weighted by atomic mass is 16.5. The molecule has 4 heteroatoms. The largest absolute Gasteiger partial charge is 0.488 e. The third kappa shape index (κ3) is 2.21. The summed E-state index contributed by atoms with van der Waals surface area (Å²) in [7, 11) is 1.66. The summed E-state index contributed by atoms with van der Waals surface area (Å²) in [5, 5.41) is 3.01. The molecule has 1 aliphatic rings. The number of nitrogens with zero attached hydrogens (tertiary/aromatic N) is 1. The molecule has 1 aromatic rings. The summed E-state index contributed by atoms with van der Waals surface area (Å²) < 4.78 is 5.73. The van der Waals surface area contributed by atoms with Crippen molar-refractivity contribution in [3.63, 3.8) is 0 Å². The lowest BCUT2D eigenvalue weighted by Gasteiger charge is -2.11. The second-order valence-electron chi connectivity index (χ2n) is 3.54. The number of ether oxygens (including phenoxy) is 1. The molecule has 0 bridgehead atoms. The quantitative estimate of drug-likeness (QED) is 0.547. The van der Waals surface area contributed by atoms with Crippen LogP contribution in [0.25, 0.3) is 0 Å². The summed E-state index contributed by atoms with van der Waals surface area (Å²) in [6, 6.07) is 8.09.